The molecule has 0 bridgehead atoms. The van der Waals surface area contributed by atoms with E-state index in [1.54, 1.807) is 0 Å². The van der Waals surface area contributed by atoms with E-state index in [1.807, 2.05) is 72.8 Å². The van der Waals surface area contributed by atoms with Crippen molar-refractivity contribution < 1.29 is 4.57 Å². The van der Waals surface area contributed by atoms with E-state index in [-0.39, 0.29) is 0 Å². The number of hydrogen-bond donors (Lipinski definition) is 0. The summed E-state index contributed by atoms with van der Waals surface area (Å²) in [6.45, 7) is 0. The average molecular weight is 608 g/mol. The fourth-order valence-corrected chi connectivity index (χ4v) is 9.14. The van der Waals surface area contributed by atoms with Gasteiger partial charge in [-0.3, -0.25) is 0 Å². The number of aromatic nitrogens is 1. The fraction of sp³-hybridized carbons (Fsp3) is 0. The summed E-state index contributed by atoms with van der Waals surface area (Å²) in [5.41, 5.74) is 7.59. The lowest BCUT2D eigenvalue weighted by Crippen LogP contribution is -2.24. The van der Waals surface area contributed by atoms with Crippen LogP contribution in [0.1, 0.15) is 0 Å². The van der Waals surface area contributed by atoms with E-state index in [0.29, 0.717) is 0 Å². The molecule has 0 atom stereocenters. The van der Waals surface area contributed by atoms with E-state index in [4.69, 9.17) is 4.98 Å². The Morgan fingerprint density at radius 3 is 1.48 bits per heavy atom. The Morgan fingerprint density at radius 1 is 0.370 bits per heavy atom. The molecule has 1 aromatic heterocycles. The lowest BCUT2D eigenvalue weighted by atomic mass is 9.92. The number of hydrogen-bond acceptors (Lipinski definition) is 2. The van der Waals surface area contributed by atoms with Crippen LogP contribution in [0.15, 0.2) is 182 Å². The minimum Gasteiger partial charge on any atom is -0.309 e. The molecule has 0 aliphatic rings. The Morgan fingerprint density at radius 2 is 0.848 bits per heavy atom. The van der Waals surface area contributed by atoms with E-state index in [1.165, 1.54) is 16.5 Å². The highest BCUT2D eigenvalue weighted by atomic mass is 31.2. The van der Waals surface area contributed by atoms with Crippen LogP contribution < -0.4 is 15.9 Å². The van der Waals surface area contributed by atoms with Crippen LogP contribution in [0, 0.1) is 0 Å². The van der Waals surface area contributed by atoms with E-state index in [2.05, 4.69) is 109 Å². The Balaban J connectivity index is 1.19. The van der Waals surface area contributed by atoms with Crippen molar-refractivity contribution >= 4 is 44.7 Å². The Kier molecular flexibility index (Phi) is 7.14. The maximum atomic E-state index is 14.8. The molecule has 46 heavy (non-hydrogen) atoms. The van der Waals surface area contributed by atoms with Gasteiger partial charge in [-0.25, -0.2) is 4.98 Å². The topological polar surface area (TPSA) is 30.0 Å². The van der Waals surface area contributed by atoms with Crippen molar-refractivity contribution in [3.8, 4) is 33.5 Å². The van der Waals surface area contributed by atoms with Crippen LogP contribution in [0.5, 0.6) is 0 Å². The predicted molar refractivity (Wildman–Crippen MR) is 195 cm³/mol. The summed E-state index contributed by atoms with van der Waals surface area (Å²) in [5.74, 6) is 0. The third-order valence-corrected chi connectivity index (χ3v) is 11.8. The second-order valence-corrected chi connectivity index (χ2v) is 14.2. The Labute approximate surface area is 269 Å². The zero-order chi connectivity index (χ0) is 30.9. The van der Waals surface area contributed by atoms with Crippen molar-refractivity contribution in [2.45, 2.75) is 0 Å². The fourth-order valence-electron chi connectivity index (χ4n) is 6.49. The second kappa shape index (κ2) is 11.7. The van der Waals surface area contributed by atoms with Gasteiger partial charge in [0.15, 0.2) is 7.14 Å². The van der Waals surface area contributed by atoms with Crippen LogP contribution in [-0.2, 0) is 4.57 Å². The molecule has 1 heterocycles. The van der Waals surface area contributed by atoms with Gasteiger partial charge in [-0.15, -0.1) is 0 Å². The number of fused-ring (bicyclic) bond motifs is 3. The molecule has 3 heteroatoms. The highest BCUT2D eigenvalue weighted by molar-refractivity contribution is 7.85. The maximum Gasteiger partial charge on any atom is 0.171 e. The van der Waals surface area contributed by atoms with Gasteiger partial charge in [0.2, 0.25) is 0 Å². The van der Waals surface area contributed by atoms with Crippen molar-refractivity contribution in [2.24, 2.45) is 0 Å². The average Bonchev–Trinajstić information content (AvgIpc) is 3.15. The first kappa shape index (κ1) is 28.0. The highest BCUT2D eigenvalue weighted by Gasteiger charge is 2.29. The lowest BCUT2D eigenvalue weighted by molar-refractivity contribution is 0.592. The van der Waals surface area contributed by atoms with Crippen LogP contribution in [0.25, 0.3) is 55.2 Å². The van der Waals surface area contributed by atoms with Gasteiger partial charge < -0.3 is 4.57 Å². The number of rotatable bonds is 6. The summed E-state index contributed by atoms with van der Waals surface area (Å²) in [4.78, 5) is 5.18. The standard InChI is InChI=1S/C43H30NOP/c45-46(35-15-6-2-7-16-35,36-17-8-3-9-18-36)37-29-27-32(28-30-37)31-23-25-34(26-24-31)43-40-21-12-20-38(33-13-4-1-5-14-33)42(40)39-19-10-11-22-41(39)44-43/h1-30H. The molecular formula is C43H30NOP. The van der Waals surface area contributed by atoms with Gasteiger partial charge in [-0.05, 0) is 28.3 Å². The number of para-hydroxylation sites is 1. The minimum absolute atomic E-state index is 0.825. The van der Waals surface area contributed by atoms with E-state index < -0.39 is 7.14 Å². The molecule has 0 aliphatic heterocycles. The van der Waals surface area contributed by atoms with Crippen molar-refractivity contribution in [3.63, 3.8) is 0 Å². The molecule has 0 aliphatic carbocycles. The third-order valence-electron chi connectivity index (χ3n) is 8.77. The first-order valence-electron chi connectivity index (χ1n) is 15.5. The molecule has 0 saturated heterocycles. The molecule has 0 unspecified atom stereocenters. The molecule has 0 N–H and O–H groups in total. The Bertz CT molecular complexity index is 2310. The predicted octanol–water partition coefficient (Wildman–Crippen LogP) is 10.0. The molecule has 8 rings (SSSR count). The molecule has 7 aromatic carbocycles. The molecule has 0 saturated carbocycles. The molecule has 0 radical (unpaired) electrons. The molecule has 8 aromatic rings. The molecule has 0 spiro atoms. The normalized spacial score (nSPS) is 11.6. The van der Waals surface area contributed by atoms with Gasteiger partial charge in [0.25, 0.3) is 0 Å². The van der Waals surface area contributed by atoms with Crippen molar-refractivity contribution in [1.82, 2.24) is 4.98 Å². The van der Waals surface area contributed by atoms with Gasteiger partial charge in [-0.1, -0.05) is 176 Å². The van der Waals surface area contributed by atoms with E-state index >= 15 is 0 Å². The van der Waals surface area contributed by atoms with Crippen molar-refractivity contribution in [2.75, 3.05) is 0 Å². The Hall–Kier alpha value is -5.56. The van der Waals surface area contributed by atoms with Gasteiger partial charge in [0.1, 0.15) is 0 Å². The van der Waals surface area contributed by atoms with Crippen LogP contribution >= 0.6 is 7.14 Å². The highest BCUT2D eigenvalue weighted by Crippen LogP contribution is 2.43. The van der Waals surface area contributed by atoms with Crippen molar-refractivity contribution in [1.29, 1.82) is 0 Å². The second-order valence-electron chi connectivity index (χ2n) is 11.5. The summed E-state index contributed by atoms with van der Waals surface area (Å²) in [6, 6.07) is 61.9. The molecular weight excluding hydrogens is 577 g/mol. The lowest BCUT2D eigenvalue weighted by Gasteiger charge is -2.20. The van der Waals surface area contributed by atoms with Crippen LogP contribution in [0.2, 0.25) is 0 Å². The van der Waals surface area contributed by atoms with Crippen LogP contribution in [0.4, 0.5) is 0 Å². The smallest absolute Gasteiger partial charge is 0.171 e. The minimum atomic E-state index is -3.01. The van der Waals surface area contributed by atoms with Crippen LogP contribution in [0.3, 0.4) is 0 Å². The quantitative estimate of drug-likeness (QED) is 0.139. The van der Waals surface area contributed by atoms with E-state index in [0.717, 1.165) is 54.6 Å². The monoisotopic (exact) mass is 607 g/mol. The summed E-state index contributed by atoms with van der Waals surface area (Å²) in [6.07, 6.45) is 0. The van der Waals surface area contributed by atoms with Gasteiger partial charge in [0.05, 0.1) is 11.2 Å². The SMILES string of the molecule is O=P(c1ccccc1)(c1ccccc1)c1ccc(-c2ccc(-c3nc4ccccc4c4c(-c5ccccc5)cccc34)cc2)cc1. The summed E-state index contributed by atoms with van der Waals surface area (Å²) in [7, 11) is -3.01. The number of pyridine rings is 1. The molecule has 218 valence electrons. The first-order valence-corrected chi connectivity index (χ1v) is 17.2. The third kappa shape index (κ3) is 4.85. The maximum absolute atomic E-state index is 14.8. The first-order chi connectivity index (χ1) is 22.7. The van der Waals surface area contributed by atoms with Crippen molar-refractivity contribution in [3.05, 3.63) is 182 Å². The summed E-state index contributed by atoms with van der Waals surface area (Å²) in [5, 5.41) is 6.00. The largest absolute Gasteiger partial charge is 0.309 e. The molecule has 0 fully saturated rings. The number of benzene rings is 7. The summed E-state index contributed by atoms with van der Waals surface area (Å²) < 4.78 is 14.8. The van der Waals surface area contributed by atoms with Gasteiger partial charge >= 0.3 is 0 Å². The molecule has 0 amide bonds. The van der Waals surface area contributed by atoms with Gasteiger partial charge in [0, 0.05) is 37.6 Å². The van der Waals surface area contributed by atoms with Crippen LogP contribution in [-0.4, -0.2) is 4.98 Å². The number of nitrogens with zero attached hydrogens (tertiary/aromatic N) is 1. The van der Waals surface area contributed by atoms with E-state index in [9.17, 15) is 4.57 Å². The summed E-state index contributed by atoms with van der Waals surface area (Å²) >= 11 is 0. The molecule has 2 nitrogen and oxygen atoms in total. The zero-order valence-corrected chi connectivity index (χ0v) is 26.0. The zero-order valence-electron chi connectivity index (χ0n) is 25.1. The van der Waals surface area contributed by atoms with Gasteiger partial charge in [-0.2, -0.15) is 0 Å².